The van der Waals surface area contributed by atoms with Crippen LogP contribution in [0.25, 0.3) is 11.4 Å². The second kappa shape index (κ2) is 9.98. The van der Waals surface area contributed by atoms with Gasteiger partial charge in [-0.1, -0.05) is 12.1 Å². The fourth-order valence-corrected chi connectivity index (χ4v) is 2.40. The second-order valence-electron chi connectivity index (χ2n) is 7.22. The lowest BCUT2D eigenvalue weighted by Gasteiger charge is -2.19. The zero-order chi connectivity index (χ0) is 22.3. The summed E-state index contributed by atoms with van der Waals surface area (Å²) >= 11 is 0. The first-order chi connectivity index (χ1) is 14.1. The number of nitrogens with two attached hydrogens (primary N) is 1. The Labute approximate surface area is 174 Å². The molecule has 1 unspecified atom stereocenters. The number of aliphatic hydroxyl groups is 1. The summed E-state index contributed by atoms with van der Waals surface area (Å²) in [4.78, 5) is 26.2. The molecule has 2 aromatic rings. The molecular formula is C20H25N5O5. The third kappa shape index (κ3) is 6.38. The lowest BCUT2D eigenvalue weighted by atomic mass is 10.1. The summed E-state index contributed by atoms with van der Waals surface area (Å²) < 4.78 is 10.8. The number of rotatable bonds is 9. The van der Waals surface area contributed by atoms with Crippen LogP contribution in [0.1, 0.15) is 36.7 Å². The highest BCUT2D eigenvalue weighted by Gasteiger charge is 2.24. The highest BCUT2D eigenvalue weighted by molar-refractivity contribution is 6.00. The number of ether oxygens (including phenoxy) is 2. The Morgan fingerprint density at radius 3 is 2.77 bits per heavy atom. The van der Waals surface area contributed by atoms with E-state index in [1.807, 2.05) is 6.07 Å². The van der Waals surface area contributed by atoms with Gasteiger partial charge in [0.15, 0.2) is 5.82 Å². The van der Waals surface area contributed by atoms with Crippen LogP contribution in [-0.4, -0.2) is 53.0 Å². The zero-order valence-corrected chi connectivity index (χ0v) is 17.3. The number of nitrogens with zero attached hydrogens (tertiary/aromatic N) is 3. The van der Waals surface area contributed by atoms with E-state index in [1.165, 1.54) is 21.0 Å². The number of anilines is 1. The van der Waals surface area contributed by atoms with Crippen LogP contribution in [-0.2, 0) is 9.57 Å². The molecular weight excluding hydrogens is 390 g/mol. The maximum atomic E-state index is 12.6. The van der Waals surface area contributed by atoms with E-state index in [1.54, 1.807) is 31.2 Å². The van der Waals surface area contributed by atoms with Crippen molar-refractivity contribution in [3.05, 3.63) is 35.4 Å². The van der Waals surface area contributed by atoms with Crippen molar-refractivity contribution in [1.82, 2.24) is 15.4 Å². The fraction of sp³-hybridized carbons (Fsp3) is 0.400. The molecule has 0 aliphatic rings. The van der Waals surface area contributed by atoms with Crippen molar-refractivity contribution < 1.29 is 24.2 Å². The number of benzene rings is 1. The number of amides is 1. The van der Waals surface area contributed by atoms with Crippen molar-refractivity contribution >= 4 is 11.7 Å². The van der Waals surface area contributed by atoms with E-state index in [9.17, 15) is 9.90 Å². The van der Waals surface area contributed by atoms with Crippen LogP contribution < -0.4 is 16.0 Å². The highest BCUT2D eigenvalue weighted by Crippen LogP contribution is 2.27. The number of hydrogen-bond acceptors (Lipinski definition) is 9. The van der Waals surface area contributed by atoms with Gasteiger partial charge in [0.1, 0.15) is 24.1 Å². The molecule has 4 N–H and O–H groups in total. The van der Waals surface area contributed by atoms with Crippen LogP contribution in [0, 0.1) is 11.3 Å². The van der Waals surface area contributed by atoms with Crippen molar-refractivity contribution in [3.8, 4) is 23.3 Å². The normalized spacial score (nSPS) is 12.1. The predicted molar refractivity (Wildman–Crippen MR) is 108 cm³/mol. The van der Waals surface area contributed by atoms with Crippen LogP contribution >= 0.6 is 0 Å². The maximum absolute atomic E-state index is 12.6. The molecule has 30 heavy (non-hydrogen) atoms. The van der Waals surface area contributed by atoms with Crippen molar-refractivity contribution in [1.29, 1.82) is 5.26 Å². The molecule has 0 fully saturated rings. The van der Waals surface area contributed by atoms with Gasteiger partial charge in [0.2, 0.25) is 5.88 Å². The van der Waals surface area contributed by atoms with Gasteiger partial charge >= 0.3 is 0 Å². The second-order valence-corrected chi connectivity index (χ2v) is 7.22. The number of hydrogen-bond donors (Lipinski definition) is 3. The zero-order valence-electron chi connectivity index (χ0n) is 17.3. The number of nitrogen functional groups attached to an aromatic ring is 1. The summed E-state index contributed by atoms with van der Waals surface area (Å²) in [5.41, 5.74) is 7.95. The third-order valence-electron chi connectivity index (χ3n) is 3.69. The number of carbonyl (C=O) groups excluding carboxylic acids is 1. The van der Waals surface area contributed by atoms with E-state index in [4.69, 9.17) is 25.3 Å². The number of aromatic nitrogens is 2. The molecule has 10 heteroatoms. The molecule has 10 nitrogen and oxygen atoms in total. The molecule has 160 valence electrons. The third-order valence-corrected chi connectivity index (χ3v) is 3.69. The molecule has 2 rings (SSSR count). The lowest BCUT2D eigenvalue weighted by Crippen LogP contribution is -2.34. The van der Waals surface area contributed by atoms with Crippen molar-refractivity contribution in [2.75, 3.05) is 26.1 Å². The van der Waals surface area contributed by atoms with Crippen molar-refractivity contribution in [2.24, 2.45) is 0 Å². The monoisotopic (exact) mass is 415 g/mol. The average molecular weight is 415 g/mol. The van der Waals surface area contributed by atoms with E-state index in [2.05, 4.69) is 15.4 Å². The minimum Gasteiger partial charge on any atom is -0.471 e. The van der Waals surface area contributed by atoms with Crippen LogP contribution in [0.2, 0.25) is 0 Å². The topological polar surface area (TPSA) is 153 Å². The summed E-state index contributed by atoms with van der Waals surface area (Å²) in [5.74, 6) is -0.730. The fourth-order valence-electron chi connectivity index (χ4n) is 2.40. The van der Waals surface area contributed by atoms with Crippen LogP contribution in [0.15, 0.2) is 24.3 Å². The Morgan fingerprint density at radius 2 is 2.13 bits per heavy atom. The Balaban J connectivity index is 2.42. The van der Waals surface area contributed by atoms with Crippen molar-refractivity contribution in [3.63, 3.8) is 0 Å². The van der Waals surface area contributed by atoms with Gasteiger partial charge < -0.3 is 20.3 Å². The van der Waals surface area contributed by atoms with E-state index >= 15 is 0 Å². The molecule has 1 heterocycles. The van der Waals surface area contributed by atoms with Crippen LogP contribution in [0.4, 0.5) is 5.82 Å². The SMILES string of the molecule is COCC(C)Oc1nc(-c2cccc(C#N)c2)nc(N)c1C(=O)NOCC(C)(C)O. The maximum Gasteiger partial charge on any atom is 0.284 e. The molecule has 0 saturated heterocycles. The number of methoxy groups -OCH3 is 1. The summed E-state index contributed by atoms with van der Waals surface area (Å²) in [5, 5.41) is 18.8. The summed E-state index contributed by atoms with van der Waals surface area (Å²) in [6, 6.07) is 8.69. The molecule has 0 spiro atoms. The molecule has 1 amide bonds. The van der Waals surface area contributed by atoms with Gasteiger partial charge in [-0.15, -0.1) is 0 Å². The summed E-state index contributed by atoms with van der Waals surface area (Å²) in [7, 11) is 1.52. The van der Waals surface area contributed by atoms with E-state index < -0.39 is 17.6 Å². The molecule has 1 aromatic carbocycles. The molecule has 0 saturated carbocycles. The molecule has 1 atom stereocenters. The van der Waals surface area contributed by atoms with Gasteiger partial charge in [0.05, 0.1) is 23.8 Å². The van der Waals surface area contributed by atoms with Crippen LogP contribution in [0.3, 0.4) is 0 Å². The first-order valence-electron chi connectivity index (χ1n) is 9.12. The highest BCUT2D eigenvalue weighted by atomic mass is 16.7. The van der Waals surface area contributed by atoms with Gasteiger partial charge in [-0.25, -0.2) is 10.5 Å². The minimum atomic E-state index is -1.14. The number of hydroxylamine groups is 1. The summed E-state index contributed by atoms with van der Waals surface area (Å²) in [6.07, 6.45) is -0.438. The smallest absolute Gasteiger partial charge is 0.284 e. The van der Waals surface area contributed by atoms with E-state index in [-0.39, 0.29) is 36.3 Å². The van der Waals surface area contributed by atoms with Gasteiger partial charge in [-0.2, -0.15) is 10.2 Å². The Kier molecular flexibility index (Phi) is 7.66. The van der Waals surface area contributed by atoms with Gasteiger partial charge in [0, 0.05) is 12.7 Å². The minimum absolute atomic E-state index is 0.0613. The van der Waals surface area contributed by atoms with E-state index in [0.717, 1.165) is 0 Å². The van der Waals surface area contributed by atoms with Gasteiger partial charge in [-0.05, 0) is 32.9 Å². The van der Waals surface area contributed by atoms with Crippen LogP contribution in [0.5, 0.6) is 5.88 Å². The number of carbonyl (C=O) groups is 1. The lowest BCUT2D eigenvalue weighted by molar-refractivity contribution is -0.0523. The number of nitrogens with one attached hydrogen (secondary N) is 1. The number of nitriles is 1. The van der Waals surface area contributed by atoms with Gasteiger partial charge in [-0.3, -0.25) is 9.63 Å². The molecule has 0 radical (unpaired) electrons. The molecule has 0 aliphatic carbocycles. The van der Waals surface area contributed by atoms with E-state index in [0.29, 0.717) is 11.1 Å². The first kappa shape index (κ1) is 23.0. The Bertz CT molecular complexity index is 936. The molecule has 0 aliphatic heterocycles. The average Bonchev–Trinajstić information content (AvgIpc) is 2.66. The quantitative estimate of drug-likeness (QED) is 0.516. The Morgan fingerprint density at radius 1 is 1.40 bits per heavy atom. The van der Waals surface area contributed by atoms with Gasteiger partial charge in [0.25, 0.3) is 5.91 Å². The Hall–Kier alpha value is -3.26. The predicted octanol–water partition coefficient (Wildman–Crippen LogP) is 1.44. The molecule has 0 bridgehead atoms. The standard InChI is InChI=1S/C20H25N5O5/c1-12(10-28-4)30-19-15(18(26)25-29-11-20(2,3)27)16(22)23-17(24-19)14-7-5-6-13(8-14)9-21/h5-8,12,27H,10-11H2,1-4H3,(H,25,26)(H2,22,23,24). The first-order valence-corrected chi connectivity index (χ1v) is 9.12. The summed E-state index contributed by atoms with van der Waals surface area (Å²) in [6.45, 7) is 4.90. The molecule has 1 aromatic heterocycles. The van der Waals surface area contributed by atoms with Crippen molar-refractivity contribution in [2.45, 2.75) is 32.5 Å². The largest absolute Gasteiger partial charge is 0.471 e.